The van der Waals surface area contributed by atoms with E-state index in [9.17, 15) is 4.79 Å². The number of amides is 1. The molecule has 0 saturated heterocycles. The molecule has 1 amide bonds. The van der Waals surface area contributed by atoms with Gasteiger partial charge in [-0.05, 0) is 31.2 Å². The summed E-state index contributed by atoms with van der Waals surface area (Å²) in [7, 11) is 3.00. The Kier molecular flexibility index (Phi) is 4.27. The van der Waals surface area contributed by atoms with Crippen LogP contribution in [0, 0.1) is 6.92 Å². The summed E-state index contributed by atoms with van der Waals surface area (Å²) in [5, 5.41) is 2.79. The van der Waals surface area contributed by atoms with Crippen molar-refractivity contribution in [1.82, 2.24) is 4.98 Å². The number of rotatable bonds is 4. The first-order chi connectivity index (χ1) is 10.1. The smallest absolute Gasteiger partial charge is 0.263 e. The topological polar surface area (TPSA) is 86.5 Å². The summed E-state index contributed by atoms with van der Waals surface area (Å²) in [5.74, 6) is 0.945. The number of nitrogen functional groups attached to an aromatic ring is 1. The van der Waals surface area contributed by atoms with Gasteiger partial charge in [0.2, 0.25) is 0 Å². The van der Waals surface area contributed by atoms with Gasteiger partial charge in [-0.15, -0.1) is 0 Å². The first-order valence-corrected chi connectivity index (χ1v) is 6.32. The van der Waals surface area contributed by atoms with Crippen molar-refractivity contribution >= 4 is 17.4 Å². The fourth-order valence-electron chi connectivity index (χ4n) is 1.97. The van der Waals surface area contributed by atoms with Crippen LogP contribution < -0.4 is 20.5 Å². The largest absolute Gasteiger partial charge is 0.496 e. The van der Waals surface area contributed by atoms with Gasteiger partial charge in [-0.2, -0.15) is 0 Å². The predicted octanol–water partition coefficient (Wildman–Crippen LogP) is 2.24. The van der Waals surface area contributed by atoms with Gasteiger partial charge in [0.1, 0.15) is 22.9 Å². The van der Waals surface area contributed by atoms with E-state index in [4.69, 9.17) is 15.2 Å². The van der Waals surface area contributed by atoms with Crippen LogP contribution in [0.4, 0.5) is 11.5 Å². The highest BCUT2D eigenvalue weighted by Crippen LogP contribution is 2.29. The number of ether oxygens (including phenoxy) is 2. The molecule has 1 aromatic carbocycles. The van der Waals surface area contributed by atoms with Crippen LogP contribution in [0.3, 0.4) is 0 Å². The molecule has 0 radical (unpaired) electrons. The minimum Gasteiger partial charge on any atom is -0.496 e. The van der Waals surface area contributed by atoms with Crippen molar-refractivity contribution in [1.29, 1.82) is 0 Å². The molecule has 3 N–H and O–H groups in total. The van der Waals surface area contributed by atoms with Gasteiger partial charge in [0.05, 0.1) is 25.6 Å². The number of hydrogen-bond donors (Lipinski definition) is 2. The van der Waals surface area contributed by atoms with Gasteiger partial charge in [0.15, 0.2) is 0 Å². The van der Waals surface area contributed by atoms with Gasteiger partial charge >= 0.3 is 0 Å². The second-order valence-corrected chi connectivity index (χ2v) is 4.36. The summed E-state index contributed by atoms with van der Waals surface area (Å²) < 4.78 is 10.4. The van der Waals surface area contributed by atoms with Crippen LogP contribution in [0.1, 0.15) is 16.1 Å². The minimum absolute atomic E-state index is 0.332. The Balaban J connectivity index is 2.36. The van der Waals surface area contributed by atoms with Gasteiger partial charge < -0.3 is 20.5 Å². The maximum absolute atomic E-state index is 12.5. The number of nitrogens with zero attached hydrogens (tertiary/aromatic N) is 1. The van der Waals surface area contributed by atoms with E-state index in [1.807, 2.05) is 0 Å². The summed E-state index contributed by atoms with van der Waals surface area (Å²) in [6.45, 7) is 1.77. The van der Waals surface area contributed by atoms with Crippen molar-refractivity contribution in [2.45, 2.75) is 6.92 Å². The fraction of sp³-hybridized carbons (Fsp3) is 0.200. The average Bonchev–Trinajstić information content (AvgIpc) is 2.49. The molecular weight excluding hydrogens is 270 g/mol. The molecule has 0 saturated carbocycles. The molecule has 2 aromatic rings. The molecule has 110 valence electrons. The summed E-state index contributed by atoms with van der Waals surface area (Å²) >= 11 is 0. The zero-order valence-corrected chi connectivity index (χ0v) is 12.1. The number of aryl methyl sites for hydroxylation is 1. The molecule has 0 spiro atoms. The molecule has 0 fully saturated rings. The highest BCUT2D eigenvalue weighted by Gasteiger charge is 2.19. The second-order valence-electron chi connectivity index (χ2n) is 4.36. The summed E-state index contributed by atoms with van der Waals surface area (Å²) in [6, 6.07) is 8.49. The highest BCUT2D eigenvalue weighted by molar-refractivity contribution is 6.08. The van der Waals surface area contributed by atoms with E-state index in [2.05, 4.69) is 10.3 Å². The lowest BCUT2D eigenvalue weighted by molar-refractivity contribution is 0.102. The lowest BCUT2D eigenvalue weighted by Crippen LogP contribution is -2.15. The van der Waals surface area contributed by atoms with Crippen molar-refractivity contribution in [2.24, 2.45) is 0 Å². The number of anilines is 2. The maximum atomic E-state index is 12.5. The SMILES string of the molecule is COc1cccc(OC)c1C(=O)Nc1ccc(N)nc1C. The van der Waals surface area contributed by atoms with Gasteiger partial charge in [0, 0.05) is 0 Å². The normalized spacial score (nSPS) is 10.0. The Morgan fingerprint density at radius 3 is 2.29 bits per heavy atom. The molecule has 0 aliphatic carbocycles. The van der Waals surface area contributed by atoms with Crippen LogP contribution >= 0.6 is 0 Å². The number of nitrogens with two attached hydrogens (primary N) is 1. The lowest BCUT2D eigenvalue weighted by atomic mass is 10.1. The van der Waals surface area contributed by atoms with E-state index in [-0.39, 0.29) is 5.91 Å². The molecule has 6 nitrogen and oxygen atoms in total. The van der Waals surface area contributed by atoms with E-state index >= 15 is 0 Å². The standard InChI is InChI=1S/C15H17N3O3/c1-9-10(7-8-13(16)17-9)18-15(19)14-11(20-2)5-4-6-12(14)21-3/h4-8H,1-3H3,(H2,16,17)(H,18,19). The van der Waals surface area contributed by atoms with Crippen molar-refractivity contribution < 1.29 is 14.3 Å². The van der Waals surface area contributed by atoms with Gasteiger partial charge in [-0.25, -0.2) is 4.98 Å². The fourth-order valence-corrected chi connectivity index (χ4v) is 1.97. The zero-order valence-electron chi connectivity index (χ0n) is 12.1. The third-order valence-corrected chi connectivity index (χ3v) is 3.01. The number of pyridine rings is 1. The number of carbonyl (C=O) groups is 1. The molecule has 0 bridgehead atoms. The molecule has 0 atom stereocenters. The highest BCUT2D eigenvalue weighted by atomic mass is 16.5. The minimum atomic E-state index is -0.334. The Morgan fingerprint density at radius 1 is 1.14 bits per heavy atom. The molecule has 1 aromatic heterocycles. The van der Waals surface area contributed by atoms with E-state index in [0.29, 0.717) is 34.3 Å². The molecule has 0 unspecified atom stereocenters. The van der Waals surface area contributed by atoms with Crippen LogP contribution in [0.2, 0.25) is 0 Å². The molecule has 0 aliphatic rings. The third kappa shape index (κ3) is 3.05. The van der Waals surface area contributed by atoms with Crippen LogP contribution in [0.15, 0.2) is 30.3 Å². The Hall–Kier alpha value is -2.76. The first kappa shape index (κ1) is 14.6. The zero-order chi connectivity index (χ0) is 15.4. The van der Waals surface area contributed by atoms with Gasteiger partial charge in [0.25, 0.3) is 5.91 Å². The van der Waals surface area contributed by atoms with Gasteiger partial charge in [-0.3, -0.25) is 4.79 Å². The Bertz CT molecular complexity index is 649. The van der Waals surface area contributed by atoms with Crippen LogP contribution in [-0.4, -0.2) is 25.1 Å². The van der Waals surface area contributed by atoms with E-state index < -0.39 is 0 Å². The molecule has 1 heterocycles. The van der Waals surface area contributed by atoms with Crippen molar-refractivity contribution in [3.8, 4) is 11.5 Å². The molecule has 2 rings (SSSR count). The molecular formula is C15H17N3O3. The quantitative estimate of drug-likeness (QED) is 0.900. The van der Waals surface area contributed by atoms with Gasteiger partial charge in [-0.1, -0.05) is 6.07 Å². The van der Waals surface area contributed by atoms with E-state index in [1.165, 1.54) is 14.2 Å². The van der Waals surface area contributed by atoms with Crippen molar-refractivity contribution in [2.75, 3.05) is 25.3 Å². The predicted molar refractivity (Wildman–Crippen MR) is 80.9 cm³/mol. The van der Waals surface area contributed by atoms with Crippen LogP contribution in [0.5, 0.6) is 11.5 Å². The first-order valence-electron chi connectivity index (χ1n) is 6.32. The number of benzene rings is 1. The summed E-state index contributed by atoms with van der Waals surface area (Å²) in [6.07, 6.45) is 0. The number of methoxy groups -OCH3 is 2. The Labute approximate surface area is 122 Å². The third-order valence-electron chi connectivity index (χ3n) is 3.01. The second kappa shape index (κ2) is 6.13. The van der Waals surface area contributed by atoms with Crippen molar-refractivity contribution in [3.63, 3.8) is 0 Å². The maximum Gasteiger partial charge on any atom is 0.263 e. The van der Waals surface area contributed by atoms with E-state index in [0.717, 1.165) is 0 Å². The van der Waals surface area contributed by atoms with Crippen LogP contribution in [-0.2, 0) is 0 Å². The lowest BCUT2D eigenvalue weighted by Gasteiger charge is -2.13. The number of nitrogens with one attached hydrogen (secondary N) is 1. The monoisotopic (exact) mass is 287 g/mol. The Morgan fingerprint density at radius 2 is 1.76 bits per heavy atom. The number of hydrogen-bond acceptors (Lipinski definition) is 5. The van der Waals surface area contributed by atoms with E-state index in [1.54, 1.807) is 37.3 Å². The van der Waals surface area contributed by atoms with Crippen LogP contribution in [0.25, 0.3) is 0 Å². The molecule has 0 aliphatic heterocycles. The molecule has 6 heteroatoms. The number of carbonyl (C=O) groups excluding carboxylic acids is 1. The molecule has 21 heavy (non-hydrogen) atoms. The van der Waals surface area contributed by atoms with Crippen molar-refractivity contribution in [3.05, 3.63) is 41.6 Å². The number of aromatic nitrogens is 1. The summed E-state index contributed by atoms with van der Waals surface area (Å²) in [5.41, 5.74) is 7.15. The summed E-state index contributed by atoms with van der Waals surface area (Å²) in [4.78, 5) is 16.6. The average molecular weight is 287 g/mol.